The molecule has 160 valence electrons. The van der Waals surface area contributed by atoms with Crippen molar-refractivity contribution in [1.82, 2.24) is 9.97 Å². The number of benzene rings is 2. The highest BCUT2D eigenvalue weighted by Gasteiger charge is 2.31. The summed E-state index contributed by atoms with van der Waals surface area (Å²) in [7, 11) is 1.53. The van der Waals surface area contributed by atoms with Crippen molar-refractivity contribution in [3.05, 3.63) is 48.5 Å². The van der Waals surface area contributed by atoms with Crippen LogP contribution in [-0.4, -0.2) is 41.6 Å². The molecule has 3 aromatic rings. The van der Waals surface area contributed by atoms with Crippen LogP contribution in [-0.2, 0) is 4.79 Å². The number of primary amides is 1. The minimum atomic E-state index is -0.654. The smallest absolute Gasteiger partial charge is 0.324 e. The Morgan fingerprint density at radius 3 is 2.77 bits per heavy atom. The Balaban J connectivity index is 1.69. The van der Waals surface area contributed by atoms with Crippen molar-refractivity contribution >= 4 is 40.0 Å². The number of aromatic nitrogens is 2. The van der Waals surface area contributed by atoms with Crippen LogP contribution >= 0.6 is 0 Å². The molecule has 0 spiro atoms. The van der Waals surface area contributed by atoms with Crippen molar-refractivity contribution in [2.24, 2.45) is 5.73 Å². The molecule has 31 heavy (non-hydrogen) atoms. The van der Waals surface area contributed by atoms with Gasteiger partial charge in [-0.25, -0.2) is 19.2 Å². The predicted octanol–water partition coefficient (Wildman–Crippen LogP) is 2.88. The van der Waals surface area contributed by atoms with Gasteiger partial charge in [0.15, 0.2) is 0 Å². The fourth-order valence-corrected chi connectivity index (χ4v) is 3.73. The maximum Gasteiger partial charge on any atom is 0.324 e. The highest BCUT2D eigenvalue weighted by Crippen LogP contribution is 2.38. The maximum atomic E-state index is 13.8. The molecule has 2 heterocycles. The Morgan fingerprint density at radius 2 is 2.03 bits per heavy atom. The number of carbonyl (C=O) groups excluding carboxylic acids is 2. The second kappa shape index (κ2) is 8.42. The molecule has 0 saturated carbocycles. The molecule has 4 rings (SSSR count). The zero-order valence-electron chi connectivity index (χ0n) is 16.8. The number of carbonyl (C=O) groups is 2. The van der Waals surface area contributed by atoms with Gasteiger partial charge in [0.2, 0.25) is 5.91 Å². The van der Waals surface area contributed by atoms with Crippen molar-refractivity contribution in [3.8, 4) is 5.75 Å². The Hall–Kier alpha value is -3.95. The summed E-state index contributed by atoms with van der Waals surface area (Å²) >= 11 is 0. The number of methoxy groups -OCH3 is 1. The van der Waals surface area contributed by atoms with E-state index < -0.39 is 23.8 Å². The summed E-state index contributed by atoms with van der Waals surface area (Å²) in [6.07, 6.45) is 2.77. The summed E-state index contributed by atoms with van der Waals surface area (Å²) in [6, 6.07) is 8.21. The first-order valence-electron chi connectivity index (χ1n) is 9.69. The van der Waals surface area contributed by atoms with Crippen LogP contribution in [0.25, 0.3) is 10.9 Å². The summed E-state index contributed by atoms with van der Waals surface area (Å²) in [5.74, 6) is -0.200. The molecule has 4 N–H and O–H groups in total. The number of hydrogen-bond donors (Lipinski definition) is 3. The first kappa shape index (κ1) is 20.3. The van der Waals surface area contributed by atoms with Crippen molar-refractivity contribution in [1.29, 1.82) is 0 Å². The van der Waals surface area contributed by atoms with Crippen LogP contribution in [0.2, 0.25) is 0 Å². The SMILES string of the molecule is COc1cc2ncnc(NC(=O)Nc3ccccc3F)c2cc1N1CCCC1C(N)=O. The van der Waals surface area contributed by atoms with Crippen LogP contribution in [0.3, 0.4) is 0 Å². The Morgan fingerprint density at radius 1 is 1.23 bits per heavy atom. The average Bonchev–Trinajstić information content (AvgIpc) is 3.25. The normalized spacial score (nSPS) is 15.7. The minimum Gasteiger partial charge on any atom is -0.495 e. The zero-order valence-corrected chi connectivity index (χ0v) is 16.8. The van der Waals surface area contributed by atoms with Gasteiger partial charge in [0, 0.05) is 18.0 Å². The van der Waals surface area contributed by atoms with Gasteiger partial charge in [-0.3, -0.25) is 10.1 Å². The largest absolute Gasteiger partial charge is 0.495 e. The Kier molecular flexibility index (Phi) is 5.52. The van der Waals surface area contributed by atoms with E-state index in [0.29, 0.717) is 35.3 Å². The minimum absolute atomic E-state index is 0.0436. The third-order valence-corrected chi connectivity index (χ3v) is 5.18. The van der Waals surface area contributed by atoms with E-state index >= 15 is 0 Å². The number of nitrogens with two attached hydrogens (primary N) is 1. The number of para-hydroxylation sites is 1. The average molecular weight is 424 g/mol. The highest BCUT2D eigenvalue weighted by molar-refractivity contribution is 6.05. The predicted molar refractivity (Wildman–Crippen MR) is 115 cm³/mol. The molecule has 0 aliphatic carbocycles. The van der Waals surface area contributed by atoms with Gasteiger partial charge >= 0.3 is 6.03 Å². The van der Waals surface area contributed by atoms with Gasteiger partial charge in [0.1, 0.15) is 29.8 Å². The molecule has 1 aromatic heterocycles. The van der Waals surface area contributed by atoms with E-state index in [-0.39, 0.29) is 11.5 Å². The molecule has 1 atom stereocenters. The second-order valence-corrected chi connectivity index (χ2v) is 7.08. The molecule has 1 fully saturated rings. The van der Waals surface area contributed by atoms with Gasteiger partial charge in [0.25, 0.3) is 0 Å². The fourth-order valence-electron chi connectivity index (χ4n) is 3.73. The molecule has 0 bridgehead atoms. The van der Waals surface area contributed by atoms with Gasteiger partial charge in [-0.2, -0.15) is 0 Å². The number of urea groups is 1. The van der Waals surface area contributed by atoms with Gasteiger partial charge in [-0.15, -0.1) is 0 Å². The number of ether oxygens (including phenoxy) is 1. The number of rotatable bonds is 5. The summed E-state index contributed by atoms with van der Waals surface area (Å²) in [6.45, 7) is 0.639. The van der Waals surface area contributed by atoms with E-state index in [0.717, 1.165) is 6.42 Å². The van der Waals surface area contributed by atoms with Gasteiger partial charge in [-0.1, -0.05) is 12.1 Å². The molecular weight excluding hydrogens is 403 g/mol. The molecule has 1 saturated heterocycles. The summed E-state index contributed by atoms with van der Waals surface area (Å²) in [5, 5.41) is 5.63. The molecule has 10 heteroatoms. The number of nitrogens with zero attached hydrogens (tertiary/aromatic N) is 3. The molecule has 1 aliphatic rings. The zero-order chi connectivity index (χ0) is 22.0. The Labute approximate surface area is 177 Å². The first-order chi connectivity index (χ1) is 15.0. The van der Waals surface area contributed by atoms with E-state index in [9.17, 15) is 14.0 Å². The molecular formula is C21H21FN6O3. The fraction of sp³-hybridized carbons (Fsp3) is 0.238. The molecule has 1 aliphatic heterocycles. The van der Waals surface area contributed by atoms with E-state index in [4.69, 9.17) is 10.5 Å². The third-order valence-electron chi connectivity index (χ3n) is 5.18. The van der Waals surface area contributed by atoms with Crippen LogP contribution < -0.4 is 26.0 Å². The standard InChI is InChI=1S/C21H21FN6O3/c1-31-18-10-15-12(9-17(18)28-8-4-7-16(28)19(23)29)20(25-11-24-15)27-21(30)26-14-6-3-2-5-13(14)22/h2-3,5-6,9-11,16H,4,7-8H2,1H3,(H2,23,29)(H2,24,25,26,27,30). The molecule has 3 amide bonds. The molecule has 9 nitrogen and oxygen atoms in total. The second-order valence-electron chi connectivity index (χ2n) is 7.08. The topological polar surface area (TPSA) is 122 Å². The first-order valence-corrected chi connectivity index (χ1v) is 9.69. The number of anilines is 3. The number of amides is 3. The van der Waals surface area contributed by atoms with Gasteiger partial charge in [-0.05, 0) is 31.0 Å². The monoisotopic (exact) mass is 424 g/mol. The van der Waals surface area contributed by atoms with Gasteiger partial charge in [0.05, 0.1) is 24.0 Å². The van der Waals surface area contributed by atoms with E-state index in [1.54, 1.807) is 18.2 Å². The van der Waals surface area contributed by atoms with Crippen LogP contribution in [0.15, 0.2) is 42.7 Å². The maximum absolute atomic E-state index is 13.8. The number of halogens is 1. The van der Waals surface area contributed by atoms with Crippen LogP contribution in [0, 0.1) is 5.82 Å². The van der Waals surface area contributed by atoms with E-state index in [1.807, 2.05) is 4.90 Å². The van der Waals surface area contributed by atoms with Crippen LogP contribution in [0.5, 0.6) is 5.75 Å². The molecule has 1 unspecified atom stereocenters. The lowest BCUT2D eigenvalue weighted by Gasteiger charge is -2.26. The lowest BCUT2D eigenvalue weighted by Crippen LogP contribution is -2.40. The highest BCUT2D eigenvalue weighted by atomic mass is 19.1. The molecule has 2 aromatic carbocycles. The van der Waals surface area contributed by atoms with E-state index in [1.165, 1.54) is 31.6 Å². The van der Waals surface area contributed by atoms with E-state index in [2.05, 4.69) is 20.6 Å². The number of fused-ring (bicyclic) bond motifs is 1. The third kappa shape index (κ3) is 4.04. The lowest BCUT2D eigenvalue weighted by atomic mass is 10.1. The Bertz CT molecular complexity index is 1160. The van der Waals surface area contributed by atoms with Crippen molar-refractivity contribution in [2.75, 3.05) is 29.2 Å². The van der Waals surface area contributed by atoms with Crippen molar-refractivity contribution in [2.45, 2.75) is 18.9 Å². The van der Waals surface area contributed by atoms with Crippen molar-refractivity contribution < 1.29 is 18.7 Å². The van der Waals surface area contributed by atoms with Crippen LogP contribution in [0.1, 0.15) is 12.8 Å². The van der Waals surface area contributed by atoms with Crippen LogP contribution in [0.4, 0.5) is 26.4 Å². The van der Waals surface area contributed by atoms with Crippen molar-refractivity contribution in [3.63, 3.8) is 0 Å². The summed E-state index contributed by atoms with van der Waals surface area (Å²) in [4.78, 5) is 34.6. The summed E-state index contributed by atoms with van der Waals surface area (Å²) < 4.78 is 19.3. The lowest BCUT2D eigenvalue weighted by molar-refractivity contribution is -0.119. The quantitative estimate of drug-likeness (QED) is 0.579. The molecule has 0 radical (unpaired) electrons. The summed E-state index contributed by atoms with van der Waals surface area (Å²) in [5.41, 5.74) is 6.80. The van der Waals surface area contributed by atoms with Gasteiger partial charge < -0.3 is 20.7 Å². The number of nitrogens with one attached hydrogen (secondary N) is 2. The number of hydrogen-bond acceptors (Lipinski definition) is 6.